The molecule has 0 unspecified atom stereocenters. The van der Waals surface area contributed by atoms with Crippen LogP contribution >= 0.6 is 0 Å². The Morgan fingerprint density at radius 2 is 1.76 bits per heavy atom. The molecule has 6 rings (SSSR count). The Balaban J connectivity index is 1.47. The molecule has 0 saturated heterocycles. The minimum atomic E-state index is 0.513. The number of rotatable bonds is 2. The Bertz CT molecular complexity index is 1420. The Labute approximate surface area is 200 Å². The van der Waals surface area contributed by atoms with Crippen LogP contribution in [-0.2, 0) is 12.8 Å². The van der Waals surface area contributed by atoms with Gasteiger partial charge in [0, 0.05) is 42.3 Å². The molecule has 0 spiro atoms. The van der Waals surface area contributed by atoms with Gasteiger partial charge in [-0.25, -0.2) is 0 Å². The molecule has 5 heterocycles. The molecule has 0 saturated carbocycles. The predicted molar refractivity (Wildman–Crippen MR) is 134 cm³/mol. The highest BCUT2D eigenvalue weighted by Gasteiger charge is 2.31. The highest BCUT2D eigenvalue weighted by atomic mass is 16.5. The number of aromatic nitrogens is 2. The lowest BCUT2D eigenvalue weighted by Gasteiger charge is -2.39. The van der Waals surface area contributed by atoms with Gasteiger partial charge in [-0.3, -0.25) is 9.97 Å². The lowest BCUT2D eigenvalue weighted by Crippen LogP contribution is -2.35. The van der Waals surface area contributed by atoms with E-state index in [1.807, 2.05) is 37.3 Å². The quantitative estimate of drug-likeness (QED) is 0.460. The molecular formula is C29H26N4O. The van der Waals surface area contributed by atoms with Crippen molar-refractivity contribution in [3.05, 3.63) is 82.4 Å². The molecule has 3 aliphatic heterocycles. The van der Waals surface area contributed by atoms with Crippen molar-refractivity contribution in [2.75, 3.05) is 18.0 Å². The van der Waals surface area contributed by atoms with E-state index in [1.165, 1.54) is 23.2 Å². The van der Waals surface area contributed by atoms with Crippen LogP contribution in [0.1, 0.15) is 47.6 Å². The zero-order valence-corrected chi connectivity index (χ0v) is 19.6. The molecule has 2 aromatic heterocycles. The van der Waals surface area contributed by atoms with E-state index in [9.17, 15) is 5.26 Å². The van der Waals surface area contributed by atoms with Crippen molar-refractivity contribution in [1.82, 2.24) is 9.97 Å². The Kier molecular flexibility index (Phi) is 4.95. The topological polar surface area (TPSA) is 62.0 Å². The molecule has 0 amide bonds. The van der Waals surface area contributed by atoms with Crippen LogP contribution in [0, 0.1) is 18.3 Å². The van der Waals surface area contributed by atoms with Crippen LogP contribution in [0.15, 0.2) is 54.6 Å². The maximum absolute atomic E-state index is 10.2. The summed E-state index contributed by atoms with van der Waals surface area (Å²) in [7, 11) is 0. The standard InChI is InChI=1S/C29H26N4O/c1-18-7-9-31-25(13-18)26-16-20(8-10-32-26)24(17-30)27-14-19(2)23-15-21-5-3-11-33-12-4-6-22(28(21)33)29(23)34-27/h7-10,13-16H,3-6,11-12H2,1-2H3/b27-24-. The zero-order chi connectivity index (χ0) is 23.2. The number of hydrogen-bond acceptors (Lipinski definition) is 5. The first-order valence-corrected chi connectivity index (χ1v) is 12.0. The third-order valence-corrected chi connectivity index (χ3v) is 7.04. The van der Waals surface area contributed by atoms with Crippen molar-refractivity contribution >= 4 is 16.8 Å². The van der Waals surface area contributed by atoms with Gasteiger partial charge in [0.2, 0.25) is 0 Å². The van der Waals surface area contributed by atoms with E-state index in [0.717, 1.165) is 71.8 Å². The van der Waals surface area contributed by atoms with Gasteiger partial charge in [0.25, 0.3) is 0 Å². The van der Waals surface area contributed by atoms with Crippen LogP contribution in [0.4, 0.5) is 5.69 Å². The van der Waals surface area contributed by atoms with Gasteiger partial charge in [-0.05, 0) is 98.2 Å². The minimum Gasteiger partial charge on any atom is -0.455 e. The summed E-state index contributed by atoms with van der Waals surface area (Å²) in [5.74, 6) is 1.54. The minimum absolute atomic E-state index is 0.513. The first kappa shape index (κ1) is 20.7. The predicted octanol–water partition coefficient (Wildman–Crippen LogP) is 5.88. The molecule has 0 radical (unpaired) electrons. The Morgan fingerprint density at radius 1 is 1.00 bits per heavy atom. The molecule has 5 nitrogen and oxygen atoms in total. The van der Waals surface area contributed by atoms with Crippen molar-refractivity contribution in [2.45, 2.75) is 39.5 Å². The van der Waals surface area contributed by atoms with Crippen LogP contribution in [0.5, 0.6) is 5.75 Å². The van der Waals surface area contributed by atoms with Crippen LogP contribution in [0.3, 0.4) is 0 Å². The van der Waals surface area contributed by atoms with E-state index >= 15 is 0 Å². The van der Waals surface area contributed by atoms with Crippen molar-refractivity contribution in [2.24, 2.45) is 0 Å². The summed E-state index contributed by atoms with van der Waals surface area (Å²) in [4.78, 5) is 11.5. The van der Waals surface area contributed by atoms with Gasteiger partial charge in [0.1, 0.15) is 23.2 Å². The van der Waals surface area contributed by atoms with Gasteiger partial charge in [0.05, 0.1) is 11.4 Å². The summed E-state index contributed by atoms with van der Waals surface area (Å²) in [5.41, 5.74) is 10.4. The van der Waals surface area contributed by atoms with Crippen molar-refractivity contribution in [3.63, 3.8) is 0 Å². The highest BCUT2D eigenvalue weighted by molar-refractivity contribution is 5.87. The average Bonchev–Trinajstić information content (AvgIpc) is 2.86. The summed E-state index contributed by atoms with van der Waals surface area (Å²) >= 11 is 0. The number of allylic oxidation sites excluding steroid dienone is 3. The smallest absolute Gasteiger partial charge is 0.146 e. The summed E-state index contributed by atoms with van der Waals surface area (Å²) in [6.07, 6.45) is 10.0. The van der Waals surface area contributed by atoms with Gasteiger partial charge < -0.3 is 9.64 Å². The number of pyridine rings is 2. The molecule has 0 aliphatic carbocycles. The normalized spacial score (nSPS) is 17.7. The first-order chi connectivity index (χ1) is 16.6. The third kappa shape index (κ3) is 3.38. The number of nitrogens with zero attached hydrogens (tertiary/aromatic N) is 4. The average molecular weight is 447 g/mol. The van der Waals surface area contributed by atoms with Gasteiger partial charge in [0.15, 0.2) is 0 Å². The van der Waals surface area contributed by atoms with E-state index in [0.29, 0.717) is 11.3 Å². The van der Waals surface area contributed by atoms with Crippen LogP contribution < -0.4 is 9.64 Å². The van der Waals surface area contributed by atoms with Crippen LogP contribution in [-0.4, -0.2) is 23.1 Å². The first-order valence-electron chi connectivity index (χ1n) is 12.0. The molecule has 0 fully saturated rings. The van der Waals surface area contributed by atoms with Gasteiger partial charge in [-0.2, -0.15) is 5.26 Å². The van der Waals surface area contributed by atoms with E-state index in [-0.39, 0.29) is 0 Å². The number of benzene rings is 1. The fourth-order valence-electron chi connectivity index (χ4n) is 5.44. The lowest BCUT2D eigenvalue weighted by molar-refractivity contribution is 0.432. The van der Waals surface area contributed by atoms with E-state index < -0.39 is 0 Å². The van der Waals surface area contributed by atoms with Gasteiger partial charge in [-0.1, -0.05) is 0 Å². The fourth-order valence-corrected chi connectivity index (χ4v) is 5.44. The summed E-state index contributed by atoms with van der Waals surface area (Å²) in [6.45, 7) is 6.39. The number of fused-ring (bicyclic) bond motifs is 2. The molecule has 168 valence electrons. The molecule has 0 atom stereocenters. The molecule has 0 bridgehead atoms. The van der Waals surface area contributed by atoms with Crippen molar-refractivity contribution < 1.29 is 4.74 Å². The second kappa shape index (κ2) is 8.14. The highest BCUT2D eigenvalue weighted by Crippen LogP contribution is 2.47. The lowest BCUT2D eigenvalue weighted by atomic mass is 9.86. The third-order valence-electron chi connectivity index (χ3n) is 7.04. The number of hydrogen-bond donors (Lipinski definition) is 0. The maximum atomic E-state index is 10.2. The van der Waals surface area contributed by atoms with Crippen LogP contribution in [0.25, 0.3) is 22.5 Å². The fraction of sp³-hybridized carbons (Fsp3) is 0.276. The molecule has 5 heteroatoms. The van der Waals surface area contributed by atoms with Gasteiger partial charge in [-0.15, -0.1) is 0 Å². The van der Waals surface area contributed by atoms with E-state index in [4.69, 9.17) is 4.74 Å². The molecule has 1 aromatic carbocycles. The molecule has 3 aliphatic rings. The second-order valence-electron chi connectivity index (χ2n) is 9.36. The molecule has 3 aromatic rings. The van der Waals surface area contributed by atoms with E-state index in [1.54, 1.807) is 12.4 Å². The largest absolute Gasteiger partial charge is 0.455 e. The number of nitriles is 1. The second-order valence-corrected chi connectivity index (χ2v) is 9.36. The monoisotopic (exact) mass is 446 g/mol. The number of anilines is 1. The summed E-state index contributed by atoms with van der Waals surface area (Å²) in [6, 6.07) is 12.5. The van der Waals surface area contributed by atoms with Gasteiger partial charge >= 0.3 is 0 Å². The Hall–Kier alpha value is -3.91. The number of aryl methyl sites for hydroxylation is 2. The zero-order valence-electron chi connectivity index (χ0n) is 19.6. The number of ether oxygens (including phenoxy) is 1. The van der Waals surface area contributed by atoms with Crippen LogP contribution in [0.2, 0.25) is 0 Å². The SMILES string of the molecule is CC1=C/C(=C(\C#N)c2ccnc(-c3cc(C)ccn3)c2)Oc2c1cc1c3c2CCCN3CCC1. The van der Waals surface area contributed by atoms with Crippen molar-refractivity contribution in [1.29, 1.82) is 5.26 Å². The van der Waals surface area contributed by atoms with E-state index in [2.05, 4.69) is 33.9 Å². The summed E-state index contributed by atoms with van der Waals surface area (Å²) < 4.78 is 6.56. The Morgan fingerprint density at radius 3 is 2.56 bits per heavy atom. The summed E-state index contributed by atoms with van der Waals surface area (Å²) in [5, 5.41) is 10.2. The molecule has 0 N–H and O–H groups in total. The molecule has 34 heavy (non-hydrogen) atoms. The molecular weight excluding hydrogens is 420 g/mol. The van der Waals surface area contributed by atoms with Crippen molar-refractivity contribution in [3.8, 4) is 23.2 Å². The maximum Gasteiger partial charge on any atom is 0.146 e.